The first kappa shape index (κ1) is 23.3. The van der Waals surface area contributed by atoms with Crippen molar-refractivity contribution < 1.29 is 22.7 Å². The summed E-state index contributed by atoms with van der Waals surface area (Å²) in [6, 6.07) is 6.13. The van der Waals surface area contributed by atoms with E-state index in [1.54, 1.807) is 24.3 Å². The molecule has 156 valence electrons. The Morgan fingerprint density at radius 3 is 2.43 bits per heavy atom. The molecule has 6 nitrogen and oxygen atoms in total. The van der Waals surface area contributed by atoms with Crippen LogP contribution in [0.1, 0.15) is 40.0 Å². The van der Waals surface area contributed by atoms with Crippen LogP contribution in [0.15, 0.2) is 29.2 Å². The standard InChI is InChI=1S/C19H27NO5S3/c1-4-5-10-25-17-6-8-19(9-7-17)28(23,24)20-12-18(27-15(3)22)11-16(20)13-26-14(2)21/h6-9,16,18H,4-5,10-13H2,1-3H3. The van der Waals surface area contributed by atoms with Crippen LogP contribution in [0, 0.1) is 0 Å². The smallest absolute Gasteiger partial charge is 0.243 e. The molecule has 9 heteroatoms. The monoisotopic (exact) mass is 445 g/mol. The molecule has 1 fully saturated rings. The molecule has 1 saturated heterocycles. The fourth-order valence-electron chi connectivity index (χ4n) is 3.00. The Morgan fingerprint density at radius 2 is 1.86 bits per heavy atom. The number of benzene rings is 1. The third kappa shape index (κ3) is 6.50. The van der Waals surface area contributed by atoms with Gasteiger partial charge >= 0.3 is 0 Å². The highest BCUT2D eigenvalue weighted by Gasteiger charge is 2.41. The van der Waals surface area contributed by atoms with Gasteiger partial charge in [-0.05, 0) is 37.1 Å². The summed E-state index contributed by atoms with van der Waals surface area (Å²) in [4.78, 5) is 23.0. The van der Waals surface area contributed by atoms with Crippen LogP contribution in [-0.2, 0) is 19.6 Å². The van der Waals surface area contributed by atoms with Gasteiger partial charge in [0.05, 0.1) is 11.5 Å². The van der Waals surface area contributed by atoms with Gasteiger partial charge in [0.25, 0.3) is 0 Å². The van der Waals surface area contributed by atoms with E-state index in [2.05, 4.69) is 6.92 Å². The number of unbranched alkanes of at least 4 members (excludes halogenated alkanes) is 1. The largest absolute Gasteiger partial charge is 0.494 e. The van der Waals surface area contributed by atoms with Gasteiger partial charge in [-0.3, -0.25) is 9.59 Å². The third-order valence-electron chi connectivity index (χ3n) is 4.33. The Bertz CT molecular complexity index is 779. The average molecular weight is 446 g/mol. The average Bonchev–Trinajstić information content (AvgIpc) is 3.03. The Kier molecular flexibility index (Phi) is 8.85. The summed E-state index contributed by atoms with van der Waals surface area (Å²) in [5.41, 5.74) is 0. The van der Waals surface area contributed by atoms with E-state index in [0.717, 1.165) is 24.6 Å². The minimum Gasteiger partial charge on any atom is -0.494 e. The van der Waals surface area contributed by atoms with Crippen LogP contribution in [0.5, 0.6) is 5.75 Å². The van der Waals surface area contributed by atoms with Gasteiger partial charge in [-0.15, -0.1) is 0 Å². The molecule has 0 radical (unpaired) electrons. The second-order valence-electron chi connectivity index (χ2n) is 6.67. The highest BCUT2D eigenvalue weighted by atomic mass is 32.2. The zero-order valence-electron chi connectivity index (χ0n) is 16.4. The van der Waals surface area contributed by atoms with Crippen molar-refractivity contribution in [2.24, 2.45) is 0 Å². The van der Waals surface area contributed by atoms with E-state index in [0.29, 0.717) is 24.5 Å². The molecule has 2 rings (SSSR count). The predicted octanol–water partition coefficient (Wildman–Crippen LogP) is 3.56. The molecule has 0 aromatic heterocycles. The number of sulfonamides is 1. The summed E-state index contributed by atoms with van der Waals surface area (Å²) < 4.78 is 33.4. The van der Waals surface area contributed by atoms with E-state index < -0.39 is 10.0 Å². The molecule has 0 spiro atoms. The quantitative estimate of drug-likeness (QED) is 0.538. The highest BCUT2D eigenvalue weighted by Crippen LogP contribution is 2.34. The number of carbonyl (C=O) groups is 2. The van der Waals surface area contributed by atoms with Crippen molar-refractivity contribution in [3.05, 3.63) is 24.3 Å². The fraction of sp³-hybridized carbons (Fsp3) is 0.579. The molecule has 1 aromatic rings. The molecule has 0 N–H and O–H groups in total. The van der Waals surface area contributed by atoms with Gasteiger partial charge in [-0.1, -0.05) is 36.9 Å². The Hall–Kier alpha value is -1.03. The second kappa shape index (κ2) is 10.7. The molecule has 0 bridgehead atoms. The molecular weight excluding hydrogens is 418 g/mol. The summed E-state index contributed by atoms with van der Waals surface area (Å²) in [5, 5.41) is -0.175. The summed E-state index contributed by atoms with van der Waals surface area (Å²) in [7, 11) is -3.72. The molecule has 1 aromatic carbocycles. The Balaban J connectivity index is 2.17. The zero-order valence-corrected chi connectivity index (χ0v) is 18.9. The van der Waals surface area contributed by atoms with Crippen LogP contribution in [0.25, 0.3) is 0 Å². The number of thioether (sulfide) groups is 2. The van der Waals surface area contributed by atoms with Crippen molar-refractivity contribution in [3.63, 3.8) is 0 Å². The zero-order chi connectivity index (χ0) is 20.7. The van der Waals surface area contributed by atoms with Crippen molar-refractivity contribution in [2.45, 2.75) is 56.2 Å². The first-order chi connectivity index (χ1) is 13.2. The van der Waals surface area contributed by atoms with Crippen molar-refractivity contribution in [1.82, 2.24) is 4.31 Å². The lowest BCUT2D eigenvalue weighted by molar-refractivity contribution is -0.110. The number of hydrogen-bond acceptors (Lipinski definition) is 7. The first-order valence-electron chi connectivity index (χ1n) is 9.29. The van der Waals surface area contributed by atoms with Crippen molar-refractivity contribution in [2.75, 3.05) is 18.9 Å². The molecule has 0 aliphatic carbocycles. The minimum atomic E-state index is -3.72. The van der Waals surface area contributed by atoms with Crippen molar-refractivity contribution >= 4 is 43.8 Å². The SMILES string of the molecule is CCCCOc1ccc(S(=O)(=O)N2CC(SC(C)=O)CC2CSC(C)=O)cc1. The van der Waals surface area contributed by atoms with Crippen LogP contribution in [-0.4, -0.2) is 53.1 Å². The maximum atomic E-state index is 13.2. The molecular formula is C19H27NO5S3. The fourth-order valence-corrected chi connectivity index (χ4v) is 6.64. The van der Waals surface area contributed by atoms with Gasteiger partial charge in [-0.2, -0.15) is 4.31 Å². The van der Waals surface area contributed by atoms with Gasteiger partial charge in [0, 0.05) is 37.4 Å². The van der Waals surface area contributed by atoms with E-state index in [9.17, 15) is 18.0 Å². The van der Waals surface area contributed by atoms with E-state index in [1.807, 2.05) is 0 Å². The predicted molar refractivity (Wildman–Crippen MR) is 114 cm³/mol. The summed E-state index contributed by atoms with van der Waals surface area (Å²) >= 11 is 2.29. The van der Waals surface area contributed by atoms with Crippen LogP contribution in [0.4, 0.5) is 0 Å². The topological polar surface area (TPSA) is 80.8 Å². The van der Waals surface area contributed by atoms with Gasteiger partial charge in [0.2, 0.25) is 10.0 Å². The van der Waals surface area contributed by atoms with E-state index in [1.165, 1.54) is 29.9 Å². The lowest BCUT2D eigenvalue weighted by Crippen LogP contribution is -2.37. The summed E-state index contributed by atoms with van der Waals surface area (Å²) in [5.74, 6) is 1.03. The van der Waals surface area contributed by atoms with E-state index in [-0.39, 0.29) is 33.0 Å². The summed E-state index contributed by atoms with van der Waals surface area (Å²) in [6.07, 6.45) is 2.53. The molecule has 1 heterocycles. The van der Waals surface area contributed by atoms with Gasteiger partial charge in [-0.25, -0.2) is 8.42 Å². The molecule has 2 unspecified atom stereocenters. The van der Waals surface area contributed by atoms with E-state index >= 15 is 0 Å². The van der Waals surface area contributed by atoms with Crippen LogP contribution in [0.2, 0.25) is 0 Å². The maximum absolute atomic E-state index is 13.2. The summed E-state index contributed by atoms with van der Waals surface area (Å²) in [6.45, 7) is 5.90. The van der Waals surface area contributed by atoms with Crippen LogP contribution >= 0.6 is 23.5 Å². The molecule has 2 atom stereocenters. The van der Waals surface area contributed by atoms with Crippen molar-refractivity contribution in [3.8, 4) is 5.75 Å². The van der Waals surface area contributed by atoms with Crippen molar-refractivity contribution in [1.29, 1.82) is 0 Å². The minimum absolute atomic E-state index is 0.0317. The number of ether oxygens (including phenoxy) is 1. The maximum Gasteiger partial charge on any atom is 0.243 e. The molecule has 0 amide bonds. The second-order valence-corrected chi connectivity index (χ2v) is 11.2. The lowest BCUT2D eigenvalue weighted by atomic mass is 10.2. The molecule has 0 saturated carbocycles. The normalized spacial score (nSPS) is 20.2. The number of nitrogens with zero attached hydrogens (tertiary/aromatic N) is 1. The van der Waals surface area contributed by atoms with Gasteiger partial charge in [0.15, 0.2) is 10.2 Å². The van der Waals surface area contributed by atoms with Gasteiger partial charge < -0.3 is 4.74 Å². The number of hydrogen-bond donors (Lipinski definition) is 0. The number of carbonyl (C=O) groups excluding carboxylic acids is 2. The first-order valence-corrected chi connectivity index (χ1v) is 12.6. The molecule has 1 aliphatic rings. The van der Waals surface area contributed by atoms with E-state index in [4.69, 9.17) is 4.74 Å². The lowest BCUT2D eigenvalue weighted by Gasteiger charge is -2.23. The van der Waals surface area contributed by atoms with Crippen LogP contribution in [0.3, 0.4) is 0 Å². The van der Waals surface area contributed by atoms with Gasteiger partial charge in [0.1, 0.15) is 5.75 Å². The van der Waals surface area contributed by atoms with Crippen LogP contribution < -0.4 is 4.74 Å². The third-order valence-corrected chi connectivity index (χ3v) is 8.23. The highest BCUT2D eigenvalue weighted by molar-refractivity contribution is 8.14. The Morgan fingerprint density at radius 1 is 1.18 bits per heavy atom. The Labute approximate surface area is 175 Å². The molecule has 28 heavy (non-hydrogen) atoms. The molecule has 1 aliphatic heterocycles. The number of rotatable bonds is 9.